The summed E-state index contributed by atoms with van der Waals surface area (Å²) in [4.78, 5) is 2.00. The van der Waals surface area contributed by atoms with E-state index in [1.54, 1.807) is 0 Å². The van der Waals surface area contributed by atoms with Crippen LogP contribution in [0.15, 0.2) is 6.20 Å². The van der Waals surface area contributed by atoms with Gasteiger partial charge in [0.05, 0.1) is 0 Å². The Kier molecular flexibility index (Phi) is 3.39. The third-order valence-electron chi connectivity index (χ3n) is 2.78. The van der Waals surface area contributed by atoms with E-state index in [0.29, 0.717) is 6.54 Å². The number of nitrogens with zero attached hydrogens (tertiary/aromatic N) is 3. The van der Waals surface area contributed by atoms with Crippen molar-refractivity contribution in [2.75, 3.05) is 26.2 Å². The fourth-order valence-corrected chi connectivity index (χ4v) is 2.00. The van der Waals surface area contributed by atoms with Gasteiger partial charge in [-0.05, 0) is 0 Å². The smallest absolute Gasteiger partial charge is 0.314 e. The van der Waals surface area contributed by atoms with Gasteiger partial charge in [-0.25, -0.2) is 0 Å². The number of alkyl halides is 3. The van der Waals surface area contributed by atoms with E-state index in [-0.39, 0.29) is 5.56 Å². The van der Waals surface area contributed by atoms with Crippen LogP contribution in [0.3, 0.4) is 0 Å². The molecule has 1 aliphatic heterocycles. The van der Waals surface area contributed by atoms with E-state index in [4.69, 9.17) is 0 Å². The lowest BCUT2D eigenvalue weighted by molar-refractivity contribution is -0.142. The van der Waals surface area contributed by atoms with Crippen molar-refractivity contribution in [2.24, 2.45) is 7.05 Å². The molecule has 1 aromatic rings. The van der Waals surface area contributed by atoms with Gasteiger partial charge in [0.15, 0.2) is 5.69 Å². The van der Waals surface area contributed by atoms with Crippen LogP contribution >= 0.6 is 0 Å². The van der Waals surface area contributed by atoms with Crippen molar-refractivity contribution < 1.29 is 13.2 Å². The van der Waals surface area contributed by atoms with Crippen LogP contribution in [-0.4, -0.2) is 40.9 Å². The van der Waals surface area contributed by atoms with Gasteiger partial charge in [-0.2, -0.15) is 18.3 Å². The molecule has 7 heteroatoms. The van der Waals surface area contributed by atoms with Crippen molar-refractivity contribution in [2.45, 2.75) is 12.7 Å². The van der Waals surface area contributed by atoms with Crippen LogP contribution in [0.1, 0.15) is 11.3 Å². The van der Waals surface area contributed by atoms with Crippen LogP contribution in [0.2, 0.25) is 0 Å². The zero-order valence-corrected chi connectivity index (χ0v) is 9.59. The number of rotatable bonds is 2. The molecule has 4 nitrogen and oxygen atoms in total. The van der Waals surface area contributed by atoms with Gasteiger partial charge in [-0.3, -0.25) is 9.58 Å². The minimum absolute atomic E-state index is 0.252. The molecule has 1 N–H and O–H groups in total. The fraction of sp³-hybridized carbons (Fsp3) is 0.700. The number of piperazine rings is 1. The van der Waals surface area contributed by atoms with Crippen molar-refractivity contribution >= 4 is 0 Å². The Morgan fingerprint density at radius 3 is 2.59 bits per heavy atom. The minimum atomic E-state index is -4.37. The van der Waals surface area contributed by atoms with Crippen LogP contribution in [0.4, 0.5) is 13.2 Å². The largest absolute Gasteiger partial charge is 0.435 e. The summed E-state index contributed by atoms with van der Waals surface area (Å²) < 4.78 is 39.4. The monoisotopic (exact) mass is 248 g/mol. The first-order valence-corrected chi connectivity index (χ1v) is 5.49. The highest BCUT2D eigenvalue weighted by atomic mass is 19.4. The Bertz CT molecular complexity index is 379. The van der Waals surface area contributed by atoms with Gasteiger partial charge in [-0.15, -0.1) is 0 Å². The van der Waals surface area contributed by atoms with Gasteiger partial charge in [-0.1, -0.05) is 0 Å². The topological polar surface area (TPSA) is 33.1 Å². The van der Waals surface area contributed by atoms with Crippen LogP contribution in [-0.2, 0) is 19.8 Å². The Labute approximate surface area is 97.4 Å². The molecule has 2 rings (SSSR count). The highest BCUT2D eigenvalue weighted by molar-refractivity contribution is 5.20. The molecule has 17 heavy (non-hydrogen) atoms. The zero-order valence-electron chi connectivity index (χ0n) is 9.59. The summed E-state index contributed by atoms with van der Waals surface area (Å²) in [5.41, 5.74) is -0.513. The quantitative estimate of drug-likeness (QED) is 0.842. The van der Waals surface area contributed by atoms with Crippen molar-refractivity contribution in [3.05, 3.63) is 17.5 Å². The second-order valence-electron chi connectivity index (χ2n) is 4.20. The summed E-state index contributed by atoms with van der Waals surface area (Å²) in [7, 11) is 1.51. The summed E-state index contributed by atoms with van der Waals surface area (Å²) in [5.74, 6) is 0. The SMILES string of the molecule is Cn1cc(CN2CCNCC2)c(C(F)(F)F)n1. The van der Waals surface area contributed by atoms with E-state index < -0.39 is 11.9 Å². The molecule has 0 amide bonds. The molecule has 0 bridgehead atoms. The molecular formula is C10H15F3N4. The second-order valence-corrected chi connectivity index (χ2v) is 4.20. The van der Waals surface area contributed by atoms with Crippen LogP contribution in [0, 0.1) is 0 Å². The third-order valence-corrected chi connectivity index (χ3v) is 2.78. The van der Waals surface area contributed by atoms with E-state index in [1.807, 2.05) is 4.90 Å². The standard InChI is InChI=1S/C10H15F3N4/c1-16-6-8(9(15-16)10(11,12)13)7-17-4-2-14-3-5-17/h6,14H,2-5,7H2,1H3. The van der Waals surface area contributed by atoms with Crippen molar-refractivity contribution in [1.82, 2.24) is 20.0 Å². The number of hydrogen-bond donors (Lipinski definition) is 1. The number of aromatic nitrogens is 2. The zero-order chi connectivity index (χ0) is 12.5. The van der Waals surface area contributed by atoms with Crippen LogP contribution in [0.5, 0.6) is 0 Å². The lowest BCUT2D eigenvalue weighted by atomic mass is 10.2. The van der Waals surface area contributed by atoms with Crippen LogP contribution < -0.4 is 5.32 Å². The van der Waals surface area contributed by atoms with Gasteiger partial charge >= 0.3 is 6.18 Å². The maximum atomic E-state index is 12.7. The summed E-state index contributed by atoms with van der Waals surface area (Å²) in [6.07, 6.45) is -2.92. The number of halogens is 3. The Morgan fingerprint density at radius 1 is 1.35 bits per heavy atom. The van der Waals surface area contributed by atoms with Gasteiger partial charge in [0.25, 0.3) is 0 Å². The predicted octanol–water partition coefficient (Wildman–Crippen LogP) is 0.844. The lowest BCUT2D eigenvalue weighted by Gasteiger charge is -2.27. The summed E-state index contributed by atoms with van der Waals surface area (Å²) in [6.45, 7) is 3.49. The van der Waals surface area contributed by atoms with E-state index in [1.165, 1.54) is 17.9 Å². The molecule has 1 aromatic heterocycles. The normalized spacial score (nSPS) is 18.6. The first-order valence-electron chi connectivity index (χ1n) is 5.49. The summed E-state index contributed by atoms with van der Waals surface area (Å²) >= 11 is 0. The first-order chi connectivity index (χ1) is 7.97. The molecule has 1 fully saturated rings. The van der Waals surface area contributed by atoms with Gasteiger partial charge < -0.3 is 5.32 Å². The predicted molar refractivity (Wildman–Crippen MR) is 56.4 cm³/mol. The van der Waals surface area contributed by atoms with E-state index in [2.05, 4.69) is 10.4 Å². The summed E-state index contributed by atoms with van der Waals surface area (Å²) in [6, 6.07) is 0. The highest BCUT2D eigenvalue weighted by Gasteiger charge is 2.37. The second kappa shape index (κ2) is 4.66. The van der Waals surface area contributed by atoms with Crippen molar-refractivity contribution in [3.63, 3.8) is 0 Å². The van der Waals surface area contributed by atoms with Gasteiger partial charge in [0.2, 0.25) is 0 Å². The van der Waals surface area contributed by atoms with Crippen molar-refractivity contribution in [3.8, 4) is 0 Å². The lowest BCUT2D eigenvalue weighted by Crippen LogP contribution is -2.43. The molecule has 96 valence electrons. The average Bonchev–Trinajstić information content (AvgIpc) is 2.60. The molecular weight excluding hydrogens is 233 g/mol. The molecule has 1 aliphatic rings. The van der Waals surface area contributed by atoms with E-state index in [0.717, 1.165) is 26.2 Å². The summed E-state index contributed by atoms with van der Waals surface area (Å²) in [5, 5.41) is 6.66. The van der Waals surface area contributed by atoms with E-state index >= 15 is 0 Å². The molecule has 0 radical (unpaired) electrons. The fourth-order valence-electron chi connectivity index (χ4n) is 2.00. The molecule has 0 spiro atoms. The number of aryl methyl sites for hydroxylation is 1. The molecule has 0 unspecified atom stereocenters. The Morgan fingerprint density at radius 2 is 2.00 bits per heavy atom. The van der Waals surface area contributed by atoms with Crippen LogP contribution in [0.25, 0.3) is 0 Å². The first kappa shape index (κ1) is 12.4. The Balaban J connectivity index is 2.14. The van der Waals surface area contributed by atoms with Gasteiger partial charge in [0, 0.05) is 51.5 Å². The molecule has 0 atom stereocenters. The molecule has 0 aliphatic carbocycles. The molecule has 0 aromatic carbocycles. The highest BCUT2D eigenvalue weighted by Crippen LogP contribution is 2.31. The number of nitrogens with one attached hydrogen (secondary N) is 1. The maximum absolute atomic E-state index is 12.7. The molecule has 1 saturated heterocycles. The third kappa shape index (κ3) is 2.98. The van der Waals surface area contributed by atoms with E-state index in [9.17, 15) is 13.2 Å². The maximum Gasteiger partial charge on any atom is 0.435 e. The molecule has 2 heterocycles. The number of hydrogen-bond acceptors (Lipinski definition) is 3. The molecule has 0 saturated carbocycles. The average molecular weight is 248 g/mol. The van der Waals surface area contributed by atoms with Crippen molar-refractivity contribution in [1.29, 1.82) is 0 Å². The Hall–Kier alpha value is -1.08. The minimum Gasteiger partial charge on any atom is -0.314 e. The van der Waals surface area contributed by atoms with Gasteiger partial charge in [0.1, 0.15) is 0 Å².